The van der Waals surface area contributed by atoms with Crippen LogP contribution in [0.5, 0.6) is 0 Å². The molecule has 156 valence electrons. The van der Waals surface area contributed by atoms with Crippen LogP contribution in [0.4, 0.5) is 5.69 Å². The summed E-state index contributed by atoms with van der Waals surface area (Å²) < 4.78 is 7.49. The summed E-state index contributed by atoms with van der Waals surface area (Å²) >= 11 is 0. The first kappa shape index (κ1) is 20.2. The van der Waals surface area contributed by atoms with Crippen molar-refractivity contribution in [2.45, 2.75) is 13.0 Å². The maximum Gasteiger partial charge on any atom is 0.338 e. The van der Waals surface area contributed by atoms with Crippen LogP contribution in [0.3, 0.4) is 0 Å². The smallest absolute Gasteiger partial charge is 0.338 e. The number of ether oxygens (including phenoxy) is 1. The molecule has 1 aromatic heterocycles. The SMILES string of the molecule is CN1CCN(c2ccc(-c3cncn3CCCOC(=O)c3ccccc3)cc2)CC1. The molecule has 2 aromatic carbocycles. The van der Waals surface area contributed by atoms with E-state index in [2.05, 4.69) is 50.7 Å². The van der Waals surface area contributed by atoms with E-state index in [0.29, 0.717) is 12.2 Å². The number of carbonyl (C=O) groups is 1. The predicted octanol–water partition coefficient (Wildman–Crippen LogP) is 3.55. The maximum atomic E-state index is 12.0. The molecular weight excluding hydrogens is 376 g/mol. The number of hydrogen-bond donors (Lipinski definition) is 0. The van der Waals surface area contributed by atoms with Crippen molar-refractivity contribution in [2.24, 2.45) is 0 Å². The topological polar surface area (TPSA) is 50.6 Å². The molecule has 0 aliphatic carbocycles. The van der Waals surface area contributed by atoms with Crippen LogP contribution in [0, 0.1) is 0 Å². The summed E-state index contributed by atoms with van der Waals surface area (Å²) in [7, 11) is 2.17. The van der Waals surface area contributed by atoms with Gasteiger partial charge in [-0.25, -0.2) is 9.78 Å². The van der Waals surface area contributed by atoms with Gasteiger partial charge in [-0.1, -0.05) is 30.3 Å². The normalized spacial score (nSPS) is 14.6. The fraction of sp³-hybridized carbons (Fsp3) is 0.333. The van der Waals surface area contributed by atoms with Crippen LogP contribution in [0.1, 0.15) is 16.8 Å². The van der Waals surface area contributed by atoms with E-state index >= 15 is 0 Å². The number of benzene rings is 2. The number of aromatic nitrogens is 2. The molecule has 0 amide bonds. The Labute approximate surface area is 177 Å². The van der Waals surface area contributed by atoms with Gasteiger partial charge in [0, 0.05) is 38.4 Å². The van der Waals surface area contributed by atoms with Crippen molar-refractivity contribution >= 4 is 11.7 Å². The third-order valence-corrected chi connectivity index (χ3v) is 5.53. The standard InChI is InChI=1S/C24H28N4O2/c1-26-13-15-27(16-14-26)22-10-8-20(9-11-22)23-18-25-19-28(23)12-5-17-30-24(29)21-6-3-2-4-7-21/h2-4,6-11,18-19H,5,12-17H2,1H3. The van der Waals surface area contributed by atoms with E-state index in [0.717, 1.165) is 50.4 Å². The van der Waals surface area contributed by atoms with Gasteiger partial charge in [-0.15, -0.1) is 0 Å². The van der Waals surface area contributed by atoms with Crippen molar-refractivity contribution in [1.29, 1.82) is 0 Å². The highest BCUT2D eigenvalue weighted by Gasteiger charge is 2.14. The first-order valence-electron chi connectivity index (χ1n) is 10.5. The molecule has 0 radical (unpaired) electrons. The summed E-state index contributed by atoms with van der Waals surface area (Å²) in [5, 5.41) is 0. The molecule has 1 fully saturated rings. The van der Waals surface area contributed by atoms with Gasteiger partial charge in [0.2, 0.25) is 0 Å². The molecule has 2 heterocycles. The van der Waals surface area contributed by atoms with E-state index in [-0.39, 0.29) is 5.97 Å². The third-order valence-electron chi connectivity index (χ3n) is 5.53. The molecule has 0 bridgehead atoms. The van der Waals surface area contributed by atoms with Crippen molar-refractivity contribution in [2.75, 3.05) is 44.7 Å². The summed E-state index contributed by atoms with van der Waals surface area (Å²) in [5.74, 6) is -0.277. The zero-order chi connectivity index (χ0) is 20.8. The molecule has 6 heteroatoms. The Morgan fingerprint density at radius 1 is 1.00 bits per heavy atom. The number of rotatable bonds is 7. The minimum Gasteiger partial charge on any atom is -0.462 e. The van der Waals surface area contributed by atoms with E-state index < -0.39 is 0 Å². The lowest BCUT2D eigenvalue weighted by atomic mass is 10.1. The molecule has 30 heavy (non-hydrogen) atoms. The second-order valence-corrected chi connectivity index (χ2v) is 7.66. The van der Waals surface area contributed by atoms with E-state index in [4.69, 9.17) is 4.74 Å². The van der Waals surface area contributed by atoms with Crippen LogP contribution in [0.2, 0.25) is 0 Å². The highest BCUT2D eigenvalue weighted by molar-refractivity contribution is 5.89. The minimum absolute atomic E-state index is 0.277. The second-order valence-electron chi connectivity index (χ2n) is 7.66. The highest BCUT2D eigenvalue weighted by atomic mass is 16.5. The number of aryl methyl sites for hydroxylation is 1. The number of piperazine rings is 1. The summed E-state index contributed by atoms with van der Waals surface area (Å²) in [6.07, 6.45) is 4.46. The lowest BCUT2D eigenvalue weighted by Gasteiger charge is -2.34. The van der Waals surface area contributed by atoms with Gasteiger partial charge in [0.1, 0.15) is 0 Å². The third kappa shape index (κ3) is 4.89. The van der Waals surface area contributed by atoms with Crippen molar-refractivity contribution in [1.82, 2.24) is 14.5 Å². The number of likely N-dealkylation sites (N-methyl/N-ethyl adjacent to an activating group) is 1. The number of anilines is 1. The predicted molar refractivity (Wildman–Crippen MR) is 119 cm³/mol. The van der Waals surface area contributed by atoms with Crippen LogP contribution in [-0.2, 0) is 11.3 Å². The molecule has 0 saturated carbocycles. The van der Waals surface area contributed by atoms with Crippen LogP contribution < -0.4 is 4.90 Å². The van der Waals surface area contributed by atoms with E-state index in [1.54, 1.807) is 12.1 Å². The molecule has 0 N–H and O–H groups in total. The monoisotopic (exact) mass is 404 g/mol. The van der Waals surface area contributed by atoms with Gasteiger partial charge in [0.15, 0.2) is 0 Å². The molecule has 6 nitrogen and oxygen atoms in total. The van der Waals surface area contributed by atoms with Gasteiger partial charge in [-0.3, -0.25) is 0 Å². The van der Waals surface area contributed by atoms with Gasteiger partial charge in [-0.2, -0.15) is 0 Å². The second kappa shape index (κ2) is 9.59. The van der Waals surface area contributed by atoms with Crippen LogP contribution >= 0.6 is 0 Å². The summed E-state index contributed by atoms with van der Waals surface area (Å²) in [6, 6.07) is 17.8. The molecule has 1 aliphatic rings. The Kier molecular flexibility index (Phi) is 6.44. The summed E-state index contributed by atoms with van der Waals surface area (Å²) in [6.45, 7) is 5.46. The Balaban J connectivity index is 1.31. The van der Waals surface area contributed by atoms with Crippen molar-refractivity contribution in [3.63, 3.8) is 0 Å². The molecule has 1 aliphatic heterocycles. The first-order chi connectivity index (χ1) is 14.7. The minimum atomic E-state index is -0.277. The van der Waals surface area contributed by atoms with E-state index in [1.165, 1.54) is 5.69 Å². The van der Waals surface area contributed by atoms with Crippen molar-refractivity contribution in [3.05, 3.63) is 72.7 Å². The fourth-order valence-electron chi connectivity index (χ4n) is 3.70. The van der Waals surface area contributed by atoms with Crippen molar-refractivity contribution < 1.29 is 9.53 Å². The summed E-state index contributed by atoms with van der Waals surface area (Å²) in [5.41, 5.74) is 4.08. The molecular formula is C24H28N4O2. The average molecular weight is 405 g/mol. The average Bonchev–Trinajstić information content (AvgIpc) is 3.26. The van der Waals surface area contributed by atoms with Crippen LogP contribution in [0.15, 0.2) is 67.1 Å². The molecule has 1 saturated heterocycles. The van der Waals surface area contributed by atoms with Gasteiger partial charge in [0.25, 0.3) is 0 Å². The Hall–Kier alpha value is -3.12. The summed E-state index contributed by atoms with van der Waals surface area (Å²) in [4.78, 5) is 21.1. The number of nitrogens with zero attached hydrogens (tertiary/aromatic N) is 4. The zero-order valence-electron chi connectivity index (χ0n) is 17.4. The largest absolute Gasteiger partial charge is 0.462 e. The molecule has 0 spiro atoms. The number of esters is 1. The fourth-order valence-corrected chi connectivity index (χ4v) is 3.70. The Bertz CT molecular complexity index is 945. The molecule has 0 atom stereocenters. The Morgan fingerprint density at radius 3 is 2.47 bits per heavy atom. The van der Waals surface area contributed by atoms with Crippen molar-refractivity contribution in [3.8, 4) is 11.3 Å². The van der Waals surface area contributed by atoms with Gasteiger partial charge in [0.05, 0.1) is 30.4 Å². The van der Waals surface area contributed by atoms with E-state index in [1.807, 2.05) is 30.7 Å². The molecule has 3 aromatic rings. The van der Waals surface area contributed by atoms with Gasteiger partial charge >= 0.3 is 5.97 Å². The first-order valence-corrected chi connectivity index (χ1v) is 10.5. The van der Waals surface area contributed by atoms with Crippen LogP contribution in [0.25, 0.3) is 11.3 Å². The van der Waals surface area contributed by atoms with Crippen LogP contribution in [-0.4, -0.2) is 60.3 Å². The number of imidazole rings is 1. The number of carbonyl (C=O) groups excluding carboxylic acids is 1. The Morgan fingerprint density at radius 2 is 1.73 bits per heavy atom. The molecule has 0 unspecified atom stereocenters. The lowest BCUT2D eigenvalue weighted by Crippen LogP contribution is -2.44. The van der Waals surface area contributed by atoms with Gasteiger partial charge < -0.3 is 19.1 Å². The quantitative estimate of drug-likeness (QED) is 0.445. The van der Waals surface area contributed by atoms with E-state index in [9.17, 15) is 4.79 Å². The highest BCUT2D eigenvalue weighted by Crippen LogP contribution is 2.24. The van der Waals surface area contributed by atoms with Gasteiger partial charge in [-0.05, 0) is 43.3 Å². The lowest BCUT2D eigenvalue weighted by molar-refractivity contribution is 0.0496. The maximum absolute atomic E-state index is 12.0. The number of hydrogen-bond acceptors (Lipinski definition) is 5. The zero-order valence-corrected chi connectivity index (χ0v) is 17.4. The molecule has 4 rings (SSSR count).